The van der Waals surface area contributed by atoms with E-state index < -0.39 is 0 Å². The first-order valence-electron chi connectivity index (χ1n) is 11.7. The molecule has 0 radical (unpaired) electrons. The molecule has 0 unspecified atom stereocenters. The van der Waals surface area contributed by atoms with Gasteiger partial charge in [0.25, 0.3) is 0 Å². The molecule has 0 atom stereocenters. The van der Waals surface area contributed by atoms with Crippen LogP contribution in [0.3, 0.4) is 0 Å². The Morgan fingerprint density at radius 3 is 1.13 bits per heavy atom. The lowest BCUT2D eigenvalue weighted by molar-refractivity contribution is 0.730. The predicted octanol–water partition coefficient (Wildman–Crippen LogP) is 8.51. The second kappa shape index (κ2) is 10.6. The molecule has 0 spiro atoms. The SMILES string of the molecule is Cc1c(C)c(C(C)C)c(C)c(C(C)C)c1C.Cc1nnc(C(C)C)c(C)c1C(C)C. The molecule has 2 aromatic rings. The minimum absolute atomic E-state index is 0.459. The largest absolute Gasteiger partial charge is 0.155 e. The lowest BCUT2D eigenvalue weighted by atomic mass is 9.81. The molecule has 2 nitrogen and oxygen atoms in total. The molecule has 30 heavy (non-hydrogen) atoms. The van der Waals surface area contributed by atoms with Crippen LogP contribution in [-0.2, 0) is 0 Å². The van der Waals surface area contributed by atoms with Crippen molar-refractivity contribution in [2.24, 2.45) is 0 Å². The number of benzene rings is 1. The van der Waals surface area contributed by atoms with Gasteiger partial charge in [-0.2, -0.15) is 10.2 Å². The molecule has 0 saturated heterocycles. The second-order valence-corrected chi connectivity index (χ2v) is 10.2. The fourth-order valence-electron chi connectivity index (χ4n) is 5.19. The molecule has 0 aliphatic carbocycles. The molecule has 1 aromatic carbocycles. The van der Waals surface area contributed by atoms with Crippen molar-refractivity contribution < 1.29 is 0 Å². The summed E-state index contributed by atoms with van der Waals surface area (Å²) >= 11 is 0. The minimum Gasteiger partial charge on any atom is -0.155 e. The molecule has 0 amide bonds. The second-order valence-electron chi connectivity index (χ2n) is 10.2. The molecule has 0 saturated carbocycles. The van der Waals surface area contributed by atoms with Crippen LogP contribution >= 0.6 is 0 Å². The van der Waals surface area contributed by atoms with Crippen molar-refractivity contribution in [3.05, 3.63) is 55.9 Å². The van der Waals surface area contributed by atoms with E-state index >= 15 is 0 Å². The van der Waals surface area contributed by atoms with E-state index in [0.29, 0.717) is 23.7 Å². The lowest BCUT2D eigenvalue weighted by Crippen LogP contribution is -2.07. The van der Waals surface area contributed by atoms with Gasteiger partial charge in [0.2, 0.25) is 0 Å². The van der Waals surface area contributed by atoms with E-state index in [2.05, 4.69) is 100 Å². The third-order valence-corrected chi connectivity index (χ3v) is 6.51. The number of nitrogens with zero attached hydrogens (tertiary/aromatic N) is 2. The van der Waals surface area contributed by atoms with E-state index in [-0.39, 0.29) is 0 Å². The Morgan fingerprint density at radius 1 is 0.400 bits per heavy atom. The highest BCUT2D eigenvalue weighted by atomic mass is 15.1. The average Bonchev–Trinajstić information content (AvgIpc) is 2.59. The molecular formula is C28H46N2. The van der Waals surface area contributed by atoms with Gasteiger partial charge in [-0.25, -0.2) is 0 Å². The van der Waals surface area contributed by atoms with E-state index in [9.17, 15) is 0 Å². The number of aryl methyl sites for hydroxylation is 1. The molecule has 0 fully saturated rings. The van der Waals surface area contributed by atoms with Gasteiger partial charge in [-0.05, 0) is 110 Å². The van der Waals surface area contributed by atoms with Crippen LogP contribution in [0.1, 0.15) is 135 Å². The summed E-state index contributed by atoms with van der Waals surface area (Å²) in [5.41, 5.74) is 14.0. The van der Waals surface area contributed by atoms with Crippen LogP contribution in [0.2, 0.25) is 0 Å². The molecule has 0 aliphatic heterocycles. The summed E-state index contributed by atoms with van der Waals surface area (Å²) in [6.45, 7) is 31.3. The topological polar surface area (TPSA) is 25.8 Å². The van der Waals surface area contributed by atoms with E-state index in [0.717, 1.165) is 11.4 Å². The van der Waals surface area contributed by atoms with E-state index in [1.807, 2.05) is 6.92 Å². The molecule has 0 bridgehead atoms. The van der Waals surface area contributed by atoms with Crippen LogP contribution < -0.4 is 0 Å². The van der Waals surface area contributed by atoms with E-state index in [4.69, 9.17) is 0 Å². The van der Waals surface area contributed by atoms with Crippen molar-refractivity contribution in [1.29, 1.82) is 0 Å². The van der Waals surface area contributed by atoms with E-state index in [1.54, 1.807) is 11.1 Å². The monoisotopic (exact) mass is 410 g/mol. The third kappa shape index (κ3) is 5.50. The van der Waals surface area contributed by atoms with Crippen molar-refractivity contribution in [2.45, 2.75) is 121 Å². The highest BCUT2D eigenvalue weighted by Gasteiger charge is 2.18. The van der Waals surface area contributed by atoms with Crippen molar-refractivity contribution >= 4 is 0 Å². The van der Waals surface area contributed by atoms with Crippen molar-refractivity contribution in [2.75, 3.05) is 0 Å². The maximum absolute atomic E-state index is 4.27. The Kier molecular flexibility index (Phi) is 9.26. The first-order valence-corrected chi connectivity index (χ1v) is 11.7. The van der Waals surface area contributed by atoms with Crippen LogP contribution in [0.25, 0.3) is 0 Å². The average molecular weight is 411 g/mol. The summed E-state index contributed by atoms with van der Waals surface area (Å²) in [4.78, 5) is 0. The molecule has 1 heterocycles. The van der Waals surface area contributed by atoms with Crippen molar-refractivity contribution in [1.82, 2.24) is 10.2 Å². The van der Waals surface area contributed by atoms with Gasteiger partial charge in [0.1, 0.15) is 0 Å². The number of hydrogen-bond acceptors (Lipinski definition) is 2. The molecule has 2 heteroatoms. The zero-order valence-electron chi connectivity index (χ0n) is 22.2. The maximum Gasteiger partial charge on any atom is 0.0688 e. The Hall–Kier alpha value is -1.70. The smallest absolute Gasteiger partial charge is 0.0688 e. The van der Waals surface area contributed by atoms with Gasteiger partial charge in [0.15, 0.2) is 0 Å². The van der Waals surface area contributed by atoms with Crippen molar-refractivity contribution in [3.8, 4) is 0 Å². The van der Waals surface area contributed by atoms with Gasteiger partial charge in [-0.1, -0.05) is 55.4 Å². The molecule has 0 aliphatic rings. The Morgan fingerprint density at radius 2 is 0.800 bits per heavy atom. The summed E-state index contributed by atoms with van der Waals surface area (Å²) in [7, 11) is 0. The van der Waals surface area contributed by atoms with Gasteiger partial charge in [-0.3, -0.25) is 0 Å². The Bertz CT molecular complexity index is 836. The quantitative estimate of drug-likeness (QED) is 0.505. The molecule has 0 N–H and O–H groups in total. The molecule has 168 valence electrons. The van der Waals surface area contributed by atoms with Crippen molar-refractivity contribution in [3.63, 3.8) is 0 Å². The van der Waals surface area contributed by atoms with Crippen LogP contribution in [0, 0.1) is 41.5 Å². The molecule has 2 rings (SSSR count). The number of aromatic nitrogens is 2. The first kappa shape index (κ1) is 26.3. The highest BCUT2D eigenvalue weighted by Crippen LogP contribution is 2.35. The molecular weight excluding hydrogens is 364 g/mol. The highest BCUT2D eigenvalue weighted by molar-refractivity contribution is 5.52. The summed E-state index contributed by atoms with van der Waals surface area (Å²) in [5, 5.41) is 8.50. The normalized spacial score (nSPS) is 11.5. The zero-order chi connectivity index (χ0) is 23.5. The number of hydrogen-bond donors (Lipinski definition) is 0. The fourth-order valence-corrected chi connectivity index (χ4v) is 5.19. The standard InChI is InChI=1S/C16H26.C12H20N2/c1-9(2)15-12(6)11(5)13(7)16(10(3)4)14(15)8;1-7(2)11-9(5)12(8(3)4)14-13-10(11)6/h9-10H,1-8H3;7-8H,1-6H3. The number of rotatable bonds is 4. The van der Waals surface area contributed by atoms with Gasteiger partial charge in [-0.15, -0.1) is 0 Å². The fraction of sp³-hybridized carbons (Fsp3) is 0.643. The van der Waals surface area contributed by atoms with Gasteiger partial charge in [0.05, 0.1) is 11.4 Å². The zero-order valence-corrected chi connectivity index (χ0v) is 22.2. The van der Waals surface area contributed by atoms with E-state index in [1.165, 1.54) is 33.4 Å². The van der Waals surface area contributed by atoms with Gasteiger partial charge in [0, 0.05) is 0 Å². The summed E-state index contributed by atoms with van der Waals surface area (Å²) in [6.07, 6.45) is 0. The Labute approximate surface area is 186 Å². The molecule has 1 aromatic heterocycles. The van der Waals surface area contributed by atoms with Gasteiger partial charge >= 0.3 is 0 Å². The van der Waals surface area contributed by atoms with Gasteiger partial charge < -0.3 is 0 Å². The third-order valence-electron chi connectivity index (χ3n) is 6.51. The summed E-state index contributed by atoms with van der Waals surface area (Å²) < 4.78 is 0. The first-order chi connectivity index (χ1) is 13.7. The Balaban J connectivity index is 0.000000303. The maximum atomic E-state index is 4.27. The van der Waals surface area contributed by atoms with Crippen LogP contribution in [0.15, 0.2) is 0 Å². The summed E-state index contributed by atoms with van der Waals surface area (Å²) in [5.74, 6) is 2.23. The lowest BCUT2D eigenvalue weighted by Gasteiger charge is -2.24. The van der Waals surface area contributed by atoms with Crippen LogP contribution in [0.5, 0.6) is 0 Å². The predicted molar refractivity (Wildman–Crippen MR) is 133 cm³/mol. The van der Waals surface area contributed by atoms with Crippen LogP contribution in [0.4, 0.5) is 0 Å². The summed E-state index contributed by atoms with van der Waals surface area (Å²) in [6, 6.07) is 0. The minimum atomic E-state index is 0.459. The van der Waals surface area contributed by atoms with Crippen LogP contribution in [-0.4, -0.2) is 10.2 Å².